The van der Waals surface area contributed by atoms with E-state index in [1.165, 1.54) is 18.2 Å². The van der Waals surface area contributed by atoms with Gasteiger partial charge in [0.15, 0.2) is 0 Å². The molecule has 0 amide bonds. The van der Waals surface area contributed by atoms with Crippen LogP contribution in [0.25, 0.3) is 0 Å². The van der Waals surface area contributed by atoms with Gasteiger partial charge in [0.1, 0.15) is 12.4 Å². The van der Waals surface area contributed by atoms with Gasteiger partial charge < -0.3 is 15.2 Å². The molecule has 0 radical (unpaired) electrons. The van der Waals surface area contributed by atoms with Crippen LogP contribution in [-0.2, 0) is 11.4 Å². The van der Waals surface area contributed by atoms with Crippen molar-refractivity contribution >= 4 is 5.71 Å². The molecule has 6 nitrogen and oxygen atoms in total. The Labute approximate surface area is 125 Å². The van der Waals surface area contributed by atoms with E-state index in [-0.39, 0.29) is 22.7 Å². The minimum atomic E-state index is -0.737. The van der Waals surface area contributed by atoms with Gasteiger partial charge in [0.2, 0.25) is 5.88 Å². The Kier molecular flexibility index (Phi) is 4.45. The number of pyridine rings is 1. The summed E-state index contributed by atoms with van der Waals surface area (Å²) in [7, 11) is 0. The van der Waals surface area contributed by atoms with Gasteiger partial charge in [-0.05, 0) is 37.1 Å². The van der Waals surface area contributed by atoms with Gasteiger partial charge in [-0.3, -0.25) is 4.79 Å². The number of aromatic nitrogens is 1. The van der Waals surface area contributed by atoms with Gasteiger partial charge in [-0.1, -0.05) is 17.3 Å². The fraction of sp³-hybridized carbons (Fsp3) is 0.200. The Morgan fingerprint density at radius 2 is 2.00 bits per heavy atom. The highest BCUT2D eigenvalue weighted by Crippen LogP contribution is 2.19. The standard InChI is InChI=1S/C15H15FN2O4/c1-9-7-13(19)18(21)15(20)14(9)10(2)17-22-8-11-3-5-12(16)6-4-11/h3-7,20-21H,8H2,1-2H3/b17-10+. The Bertz CT molecular complexity index is 766. The maximum Gasteiger partial charge on any atom is 0.286 e. The number of hydrogen-bond acceptors (Lipinski definition) is 5. The van der Waals surface area contributed by atoms with E-state index >= 15 is 0 Å². The first kappa shape index (κ1) is 15.6. The first-order valence-corrected chi connectivity index (χ1v) is 6.46. The highest BCUT2D eigenvalue weighted by Gasteiger charge is 2.15. The molecule has 0 unspecified atom stereocenters. The molecule has 7 heteroatoms. The van der Waals surface area contributed by atoms with Crippen molar-refractivity contribution in [3.05, 3.63) is 63.2 Å². The molecule has 2 rings (SSSR count). The van der Waals surface area contributed by atoms with E-state index in [2.05, 4.69) is 5.16 Å². The van der Waals surface area contributed by atoms with Crippen LogP contribution in [0.5, 0.6) is 5.88 Å². The fourth-order valence-corrected chi connectivity index (χ4v) is 1.98. The minimum absolute atomic E-state index is 0.121. The first-order valence-electron chi connectivity index (χ1n) is 6.46. The van der Waals surface area contributed by atoms with Crippen molar-refractivity contribution in [2.24, 2.45) is 5.16 Å². The van der Waals surface area contributed by atoms with Gasteiger partial charge >= 0.3 is 0 Å². The second-order valence-electron chi connectivity index (χ2n) is 4.75. The van der Waals surface area contributed by atoms with Gasteiger partial charge in [0.05, 0.1) is 11.3 Å². The van der Waals surface area contributed by atoms with E-state index in [9.17, 15) is 19.5 Å². The zero-order valence-electron chi connectivity index (χ0n) is 12.1. The van der Waals surface area contributed by atoms with Gasteiger partial charge in [0, 0.05) is 6.07 Å². The van der Waals surface area contributed by atoms with E-state index in [1.54, 1.807) is 26.0 Å². The summed E-state index contributed by atoms with van der Waals surface area (Å²) in [6, 6.07) is 6.93. The van der Waals surface area contributed by atoms with Crippen LogP contribution in [0.1, 0.15) is 23.6 Å². The van der Waals surface area contributed by atoms with Crippen molar-refractivity contribution in [3.8, 4) is 5.88 Å². The molecule has 0 aliphatic heterocycles. The lowest BCUT2D eigenvalue weighted by molar-refractivity contribution is 0.129. The van der Waals surface area contributed by atoms with Crippen molar-refractivity contribution in [2.45, 2.75) is 20.5 Å². The molecule has 2 aromatic rings. The zero-order chi connectivity index (χ0) is 16.3. The molecule has 0 bridgehead atoms. The van der Waals surface area contributed by atoms with E-state index in [4.69, 9.17) is 4.84 Å². The van der Waals surface area contributed by atoms with Gasteiger partial charge in [-0.15, -0.1) is 4.73 Å². The van der Waals surface area contributed by atoms with E-state index < -0.39 is 11.4 Å². The topological polar surface area (TPSA) is 84.0 Å². The molecule has 1 aromatic heterocycles. The predicted octanol–water partition coefficient (Wildman–Crippen LogP) is 2.18. The summed E-state index contributed by atoms with van der Waals surface area (Å²) in [5, 5.41) is 23.1. The molecule has 116 valence electrons. The third kappa shape index (κ3) is 3.25. The quantitative estimate of drug-likeness (QED) is 0.515. The third-order valence-corrected chi connectivity index (χ3v) is 3.08. The van der Waals surface area contributed by atoms with Crippen LogP contribution in [0, 0.1) is 12.7 Å². The normalized spacial score (nSPS) is 11.5. The van der Waals surface area contributed by atoms with Crippen molar-refractivity contribution in [2.75, 3.05) is 0 Å². The van der Waals surface area contributed by atoms with Crippen molar-refractivity contribution in [3.63, 3.8) is 0 Å². The number of benzene rings is 1. The largest absolute Gasteiger partial charge is 0.492 e. The lowest BCUT2D eigenvalue weighted by Gasteiger charge is -2.09. The summed E-state index contributed by atoms with van der Waals surface area (Å²) in [5.41, 5.74) is 0.949. The van der Waals surface area contributed by atoms with Crippen LogP contribution in [0.4, 0.5) is 4.39 Å². The number of oxime groups is 1. The second-order valence-corrected chi connectivity index (χ2v) is 4.75. The molecule has 0 fully saturated rings. The SMILES string of the molecule is C/C(=N\OCc1ccc(F)cc1)c1c(C)cc(=O)n(O)c1O. The third-order valence-electron chi connectivity index (χ3n) is 3.08. The van der Waals surface area contributed by atoms with E-state index in [0.717, 1.165) is 5.56 Å². The summed E-state index contributed by atoms with van der Waals surface area (Å²) >= 11 is 0. The number of rotatable bonds is 4. The fourth-order valence-electron chi connectivity index (χ4n) is 1.98. The molecule has 1 aromatic carbocycles. The molecule has 2 N–H and O–H groups in total. The predicted molar refractivity (Wildman–Crippen MR) is 77.7 cm³/mol. The monoisotopic (exact) mass is 306 g/mol. The van der Waals surface area contributed by atoms with Gasteiger partial charge in [-0.2, -0.15) is 0 Å². The smallest absolute Gasteiger partial charge is 0.286 e. The summed E-state index contributed by atoms with van der Waals surface area (Å²) < 4.78 is 12.9. The summed E-state index contributed by atoms with van der Waals surface area (Å²) in [4.78, 5) is 16.5. The highest BCUT2D eigenvalue weighted by molar-refractivity contribution is 6.01. The maximum atomic E-state index is 12.8. The van der Waals surface area contributed by atoms with Gasteiger partial charge in [-0.25, -0.2) is 4.39 Å². The number of hydrogen-bond donors (Lipinski definition) is 2. The zero-order valence-corrected chi connectivity index (χ0v) is 12.1. The van der Waals surface area contributed by atoms with E-state index in [0.29, 0.717) is 11.3 Å². The summed E-state index contributed by atoms with van der Waals surface area (Å²) in [5.74, 6) is -0.939. The summed E-state index contributed by atoms with van der Waals surface area (Å²) in [6.07, 6.45) is 0. The van der Waals surface area contributed by atoms with Crippen LogP contribution in [-0.4, -0.2) is 20.8 Å². The summed E-state index contributed by atoms with van der Waals surface area (Å²) in [6.45, 7) is 3.29. The Balaban J connectivity index is 2.18. The molecule has 0 spiro atoms. The molecular formula is C15H15FN2O4. The first-order chi connectivity index (χ1) is 10.4. The number of halogens is 1. The van der Waals surface area contributed by atoms with Crippen LogP contribution in [0.15, 0.2) is 40.3 Å². The second kappa shape index (κ2) is 6.30. The number of aromatic hydroxyl groups is 1. The maximum absolute atomic E-state index is 12.8. The average molecular weight is 306 g/mol. The van der Waals surface area contributed by atoms with Crippen LogP contribution < -0.4 is 5.56 Å². The number of aryl methyl sites for hydroxylation is 1. The molecule has 0 aliphatic rings. The molecule has 0 saturated carbocycles. The van der Waals surface area contributed by atoms with Crippen molar-refractivity contribution in [1.82, 2.24) is 4.73 Å². The lowest BCUT2D eigenvalue weighted by Crippen LogP contribution is -2.20. The highest BCUT2D eigenvalue weighted by atomic mass is 19.1. The average Bonchev–Trinajstić information content (AvgIpc) is 2.47. The lowest BCUT2D eigenvalue weighted by atomic mass is 10.1. The van der Waals surface area contributed by atoms with E-state index in [1.807, 2.05) is 0 Å². The Morgan fingerprint density at radius 3 is 2.64 bits per heavy atom. The number of nitrogens with zero attached hydrogens (tertiary/aromatic N) is 2. The molecular weight excluding hydrogens is 291 g/mol. The van der Waals surface area contributed by atoms with Crippen LogP contribution in [0.2, 0.25) is 0 Å². The molecule has 1 heterocycles. The van der Waals surface area contributed by atoms with Crippen LogP contribution in [0.3, 0.4) is 0 Å². The van der Waals surface area contributed by atoms with Gasteiger partial charge in [0.25, 0.3) is 5.56 Å². The Morgan fingerprint density at radius 1 is 1.36 bits per heavy atom. The molecule has 0 atom stereocenters. The molecule has 22 heavy (non-hydrogen) atoms. The van der Waals surface area contributed by atoms with Crippen molar-refractivity contribution in [1.29, 1.82) is 0 Å². The molecule has 0 aliphatic carbocycles. The van der Waals surface area contributed by atoms with Crippen LogP contribution >= 0.6 is 0 Å². The molecule has 0 saturated heterocycles. The Hall–Kier alpha value is -2.83. The van der Waals surface area contributed by atoms with Crippen molar-refractivity contribution < 1.29 is 19.5 Å². The minimum Gasteiger partial charge on any atom is -0.492 e.